The highest BCUT2D eigenvalue weighted by atomic mass is 19.3. The van der Waals surface area contributed by atoms with Gasteiger partial charge in [0.25, 0.3) is 0 Å². The summed E-state index contributed by atoms with van der Waals surface area (Å²) in [5.41, 5.74) is 4.86. The molecule has 7 nitrogen and oxygen atoms in total. The summed E-state index contributed by atoms with van der Waals surface area (Å²) in [6.45, 7) is 3.30. The summed E-state index contributed by atoms with van der Waals surface area (Å²) in [5.74, 6) is -0.110. The van der Waals surface area contributed by atoms with Crippen LogP contribution < -0.4 is 10.5 Å². The van der Waals surface area contributed by atoms with Gasteiger partial charge in [-0.15, -0.1) is 15.3 Å². The van der Waals surface area contributed by atoms with Crippen molar-refractivity contribution < 1.29 is 18.3 Å². The van der Waals surface area contributed by atoms with E-state index in [-0.39, 0.29) is 30.7 Å². The van der Waals surface area contributed by atoms with Crippen molar-refractivity contribution in [2.45, 2.75) is 20.0 Å². The number of rotatable bonds is 5. The molecule has 0 aromatic carbocycles. The molecule has 0 radical (unpaired) electrons. The van der Waals surface area contributed by atoms with Crippen LogP contribution in [0.15, 0.2) is 6.07 Å². The zero-order chi connectivity index (χ0) is 14.0. The van der Waals surface area contributed by atoms with E-state index in [0.717, 1.165) is 10.6 Å². The van der Waals surface area contributed by atoms with E-state index in [2.05, 4.69) is 20.0 Å². The van der Waals surface area contributed by atoms with Gasteiger partial charge >= 0.3 is 6.11 Å². The Labute approximate surface area is 107 Å². The maximum atomic E-state index is 13.9. The molecule has 0 amide bonds. The predicted molar refractivity (Wildman–Crippen MR) is 61.9 cm³/mol. The first kappa shape index (κ1) is 13.4. The third-order valence-electron chi connectivity index (χ3n) is 2.30. The summed E-state index contributed by atoms with van der Waals surface area (Å²) in [6.07, 6.45) is -3.52. The van der Waals surface area contributed by atoms with Gasteiger partial charge in [-0.25, -0.2) is 0 Å². The number of anilines is 1. The molecule has 104 valence electrons. The zero-order valence-electron chi connectivity index (χ0n) is 10.4. The number of fused-ring (bicyclic) bond motifs is 1. The summed E-state index contributed by atoms with van der Waals surface area (Å²) in [4.78, 5) is 0. The van der Waals surface area contributed by atoms with Gasteiger partial charge in [-0.1, -0.05) is 0 Å². The third kappa shape index (κ3) is 2.41. The molecule has 9 heteroatoms. The van der Waals surface area contributed by atoms with E-state index >= 15 is 0 Å². The Morgan fingerprint density at radius 3 is 2.68 bits per heavy atom. The first-order chi connectivity index (χ1) is 8.99. The van der Waals surface area contributed by atoms with Gasteiger partial charge in [-0.2, -0.15) is 13.3 Å². The summed E-state index contributed by atoms with van der Waals surface area (Å²) in [6, 6.07) is 1.07. The molecule has 2 heterocycles. The van der Waals surface area contributed by atoms with Crippen LogP contribution in [0.25, 0.3) is 5.65 Å². The Morgan fingerprint density at radius 1 is 1.32 bits per heavy atom. The zero-order valence-corrected chi connectivity index (χ0v) is 10.4. The second-order valence-electron chi connectivity index (χ2n) is 3.57. The highest BCUT2D eigenvalue weighted by Gasteiger charge is 2.37. The van der Waals surface area contributed by atoms with E-state index < -0.39 is 11.7 Å². The summed E-state index contributed by atoms with van der Waals surface area (Å²) in [5, 5.41) is 11.0. The molecule has 2 aromatic rings. The Morgan fingerprint density at radius 2 is 2.05 bits per heavy atom. The van der Waals surface area contributed by atoms with Crippen molar-refractivity contribution in [3.8, 4) is 5.88 Å². The SMILES string of the molecule is CCOc1cc(C(F)(F)OCC)c2nnc(N)n2n1. The largest absolute Gasteiger partial charge is 0.477 e. The van der Waals surface area contributed by atoms with E-state index in [9.17, 15) is 8.78 Å². The molecule has 2 rings (SSSR count). The lowest BCUT2D eigenvalue weighted by Crippen LogP contribution is -2.20. The first-order valence-corrected chi connectivity index (χ1v) is 5.66. The van der Waals surface area contributed by atoms with E-state index in [1.54, 1.807) is 6.92 Å². The number of hydrogen-bond acceptors (Lipinski definition) is 6. The molecule has 0 bridgehead atoms. The van der Waals surface area contributed by atoms with Crippen LogP contribution in [0.5, 0.6) is 5.88 Å². The Hall–Kier alpha value is -2.03. The van der Waals surface area contributed by atoms with Gasteiger partial charge in [0.05, 0.1) is 13.2 Å². The first-order valence-electron chi connectivity index (χ1n) is 5.66. The number of hydrogen-bond donors (Lipinski definition) is 1. The molecule has 0 saturated carbocycles. The fourth-order valence-electron chi connectivity index (χ4n) is 1.57. The van der Waals surface area contributed by atoms with Crippen LogP contribution in [0.4, 0.5) is 14.7 Å². The molecule has 0 aliphatic rings. The fraction of sp³-hybridized carbons (Fsp3) is 0.500. The molecule has 19 heavy (non-hydrogen) atoms. The normalized spacial score (nSPS) is 12.0. The van der Waals surface area contributed by atoms with Crippen molar-refractivity contribution in [3.05, 3.63) is 11.6 Å². The lowest BCUT2D eigenvalue weighted by Gasteiger charge is -2.16. The number of nitrogens with zero attached hydrogens (tertiary/aromatic N) is 4. The number of aromatic nitrogens is 4. The van der Waals surface area contributed by atoms with Crippen molar-refractivity contribution in [3.63, 3.8) is 0 Å². The van der Waals surface area contributed by atoms with Gasteiger partial charge in [0, 0.05) is 6.07 Å². The molecule has 0 aliphatic carbocycles. The molecular formula is C10H13F2N5O2. The second-order valence-corrected chi connectivity index (χ2v) is 3.57. The van der Waals surface area contributed by atoms with Crippen molar-refractivity contribution in [2.75, 3.05) is 18.9 Å². The van der Waals surface area contributed by atoms with E-state index in [4.69, 9.17) is 10.5 Å². The number of alkyl halides is 2. The van der Waals surface area contributed by atoms with E-state index in [1.165, 1.54) is 6.92 Å². The maximum absolute atomic E-state index is 13.9. The molecular weight excluding hydrogens is 260 g/mol. The number of halogens is 2. The Bertz CT molecular complexity index is 587. The fourth-order valence-corrected chi connectivity index (χ4v) is 1.57. The summed E-state index contributed by atoms with van der Waals surface area (Å²) in [7, 11) is 0. The minimum atomic E-state index is -3.52. The van der Waals surface area contributed by atoms with E-state index in [1.807, 2.05) is 0 Å². The molecule has 0 spiro atoms. The van der Waals surface area contributed by atoms with Crippen LogP contribution in [0.2, 0.25) is 0 Å². The quantitative estimate of drug-likeness (QED) is 0.880. The molecule has 0 aliphatic heterocycles. The monoisotopic (exact) mass is 273 g/mol. The van der Waals surface area contributed by atoms with Gasteiger partial charge in [0.15, 0.2) is 5.65 Å². The lowest BCUT2D eigenvalue weighted by atomic mass is 10.2. The number of nitrogens with two attached hydrogens (primary N) is 1. The standard InChI is InChI=1S/C10H13F2N5O2/c1-3-18-7-5-6(10(11,12)19-4-2)8-14-15-9(13)17(8)16-7/h5H,3-4H2,1-2H3,(H2,13,15). The van der Waals surface area contributed by atoms with Crippen molar-refractivity contribution >= 4 is 11.6 Å². The van der Waals surface area contributed by atoms with Gasteiger partial charge in [-0.05, 0) is 13.8 Å². The third-order valence-corrected chi connectivity index (χ3v) is 2.30. The van der Waals surface area contributed by atoms with Gasteiger partial charge in [0.2, 0.25) is 11.8 Å². The van der Waals surface area contributed by atoms with Crippen molar-refractivity contribution in [2.24, 2.45) is 0 Å². The molecule has 0 fully saturated rings. The maximum Gasteiger partial charge on any atom is 0.387 e. The minimum absolute atomic E-state index is 0.00382. The average Bonchev–Trinajstić information content (AvgIpc) is 2.71. The van der Waals surface area contributed by atoms with Crippen LogP contribution in [0.1, 0.15) is 19.4 Å². The number of ether oxygens (including phenoxy) is 2. The van der Waals surface area contributed by atoms with Crippen LogP contribution in [-0.2, 0) is 10.8 Å². The molecule has 0 saturated heterocycles. The molecule has 0 atom stereocenters. The summed E-state index contributed by atoms with van der Waals surface area (Å²) < 4.78 is 38.3. The van der Waals surface area contributed by atoms with Crippen molar-refractivity contribution in [1.29, 1.82) is 0 Å². The van der Waals surface area contributed by atoms with Crippen LogP contribution in [-0.4, -0.2) is 33.0 Å². The highest BCUT2D eigenvalue weighted by molar-refractivity contribution is 5.52. The predicted octanol–water partition coefficient (Wildman–Crippen LogP) is 1.19. The van der Waals surface area contributed by atoms with Crippen LogP contribution in [0, 0.1) is 0 Å². The summed E-state index contributed by atoms with van der Waals surface area (Å²) >= 11 is 0. The molecule has 2 aromatic heterocycles. The second kappa shape index (κ2) is 4.92. The lowest BCUT2D eigenvalue weighted by molar-refractivity contribution is -0.245. The molecule has 0 unspecified atom stereocenters. The molecule has 2 N–H and O–H groups in total. The number of nitrogen functional groups attached to an aromatic ring is 1. The smallest absolute Gasteiger partial charge is 0.387 e. The van der Waals surface area contributed by atoms with Gasteiger partial charge in [-0.3, -0.25) is 0 Å². The van der Waals surface area contributed by atoms with Crippen LogP contribution in [0.3, 0.4) is 0 Å². The van der Waals surface area contributed by atoms with E-state index in [0.29, 0.717) is 0 Å². The van der Waals surface area contributed by atoms with Crippen molar-refractivity contribution in [1.82, 2.24) is 19.8 Å². The van der Waals surface area contributed by atoms with Gasteiger partial charge in [0.1, 0.15) is 5.56 Å². The average molecular weight is 273 g/mol. The topological polar surface area (TPSA) is 87.6 Å². The van der Waals surface area contributed by atoms with Gasteiger partial charge < -0.3 is 15.2 Å². The van der Waals surface area contributed by atoms with Crippen LogP contribution >= 0.6 is 0 Å². The Kier molecular flexibility index (Phi) is 3.47. The minimum Gasteiger partial charge on any atom is -0.477 e. The highest BCUT2D eigenvalue weighted by Crippen LogP contribution is 2.33. The Balaban J connectivity index is 2.63.